The Bertz CT molecular complexity index is 913. The third kappa shape index (κ3) is 2.84. The largest absolute Gasteiger partial charge is 0.279 e. The lowest BCUT2D eigenvalue weighted by Gasteiger charge is -2.10. The first-order valence-corrected chi connectivity index (χ1v) is 8.01. The Hall–Kier alpha value is -3.20. The van der Waals surface area contributed by atoms with Crippen molar-refractivity contribution < 1.29 is 0 Å². The predicted octanol–water partition coefficient (Wildman–Crippen LogP) is 4.53. The Balaban J connectivity index is 1.84. The van der Waals surface area contributed by atoms with Crippen LogP contribution >= 0.6 is 0 Å². The highest BCUT2D eigenvalue weighted by molar-refractivity contribution is 5.58. The van der Waals surface area contributed by atoms with Crippen molar-refractivity contribution in [3.05, 3.63) is 102 Å². The van der Waals surface area contributed by atoms with Gasteiger partial charge in [-0.15, -0.1) is 10.2 Å². The number of hydrogen-bond donors (Lipinski definition) is 0. The van der Waals surface area contributed by atoms with Gasteiger partial charge in [0.2, 0.25) is 0 Å². The highest BCUT2D eigenvalue weighted by Gasteiger charge is 2.15. The van der Waals surface area contributed by atoms with Crippen LogP contribution in [0.3, 0.4) is 0 Å². The molecular weight excluding hydrogens is 294 g/mol. The summed E-state index contributed by atoms with van der Waals surface area (Å²) in [6, 6.07) is 30.8. The fourth-order valence-electron chi connectivity index (χ4n) is 2.83. The average molecular weight is 311 g/mol. The third-order valence-electron chi connectivity index (χ3n) is 3.98. The van der Waals surface area contributed by atoms with E-state index in [1.165, 1.54) is 5.56 Å². The molecule has 24 heavy (non-hydrogen) atoms. The Kier molecular flexibility index (Phi) is 3.90. The number of hydrogen-bond acceptors (Lipinski definition) is 2. The molecule has 0 N–H and O–H groups in total. The predicted molar refractivity (Wildman–Crippen MR) is 96.0 cm³/mol. The minimum atomic E-state index is 0.746. The summed E-state index contributed by atoms with van der Waals surface area (Å²) >= 11 is 0. The molecule has 0 aliphatic heterocycles. The van der Waals surface area contributed by atoms with Crippen molar-refractivity contribution >= 4 is 0 Å². The van der Waals surface area contributed by atoms with Gasteiger partial charge in [-0.3, -0.25) is 4.57 Å². The second kappa shape index (κ2) is 6.50. The lowest BCUT2D eigenvalue weighted by molar-refractivity contribution is 0.907. The summed E-state index contributed by atoms with van der Waals surface area (Å²) < 4.78 is 2.14. The van der Waals surface area contributed by atoms with Crippen LogP contribution in [-0.4, -0.2) is 14.8 Å². The number of para-hydroxylation sites is 1. The van der Waals surface area contributed by atoms with E-state index < -0.39 is 0 Å². The van der Waals surface area contributed by atoms with Gasteiger partial charge >= 0.3 is 0 Å². The molecule has 0 spiro atoms. The van der Waals surface area contributed by atoms with E-state index >= 15 is 0 Å². The summed E-state index contributed by atoms with van der Waals surface area (Å²) in [5.74, 6) is 1.80. The normalized spacial score (nSPS) is 10.7. The summed E-state index contributed by atoms with van der Waals surface area (Å²) in [6.07, 6.45) is 0.746. The molecule has 0 unspecified atom stereocenters. The van der Waals surface area contributed by atoms with Gasteiger partial charge in [-0.1, -0.05) is 78.9 Å². The molecule has 3 aromatic carbocycles. The summed E-state index contributed by atoms with van der Waals surface area (Å²) in [4.78, 5) is 0. The van der Waals surface area contributed by atoms with Crippen LogP contribution < -0.4 is 0 Å². The maximum atomic E-state index is 4.48. The van der Waals surface area contributed by atoms with E-state index in [9.17, 15) is 0 Å². The fourth-order valence-corrected chi connectivity index (χ4v) is 2.83. The molecule has 0 atom stereocenters. The SMILES string of the molecule is c1ccc(Cc2nnc(-c3ccccc3)n2-c2ccccc2)cc1. The molecule has 3 nitrogen and oxygen atoms in total. The zero-order valence-electron chi connectivity index (χ0n) is 13.2. The molecular formula is C21H17N3. The molecule has 1 aromatic heterocycles. The Morgan fingerprint density at radius 3 is 1.88 bits per heavy atom. The summed E-state index contributed by atoms with van der Waals surface area (Å²) in [6.45, 7) is 0. The van der Waals surface area contributed by atoms with Crippen molar-refractivity contribution in [3.8, 4) is 17.1 Å². The van der Waals surface area contributed by atoms with E-state index in [1.807, 2.05) is 42.5 Å². The van der Waals surface area contributed by atoms with E-state index in [0.29, 0.717) is 0 Å². The highest BCUT2D eigenvalue weighted by Crippen LogP contribution is 2.23. The van der Waals surface area contributed by atoms with Gasteiger partial charge in [0.05, 0.1) is 0 Å². The van der Waals surface area contributed by atoms with Crippen molar-refractivity contribution in [1.82, 2.24) is 14.8 Å². The fraction of sp³-hybridized carbons (Fsp3) is 0.0476. The van der Waals surface area contributed by atoms with Crippen molar-refractivity contribution in [2.24, 2.45) is 0 Å². The smallest absolute Gasteiger partial charge is 0.168 e. The minimum Gasteiger partial charge on any atom is -0.279 e. The second-order valence-corrected chi connectivity index (χ2v) is 5.64. The Morgan fingerprint density at radius 2 is 1.21 bits per heavy atom. The third-order valence-corrected chi connectivity index (χ3v) is 3.98. The molecule has 0 bridgehead atoms. The number of aromatic nitrogens is 3. The quantitative estimate of drug-likeness (QED) is 0.554. The van der Waals surface area contributed by atoms with Crippen molar-refractivity contribution in [2.45, 2.75) is 6.42 Å². The second-order valence-electron chi connectivity index (χ2n) is 5.64. The van der Waals surface area contributed by atoms with Gasteiger partial charge in [0, 0.05) is 17.7 Å². The topological polar surface area (TPSA) is 30.7 Å². The van der Waals surface area contributed by atoms with Crippen LogP contribution in [-0.2, 0) is 6.42 Å². The first-order chi connectivity index (χ1) is 11.9. The lowest BCUT2D eigenvalue weighted by Crippen LogP contribution is -2.04. The van der Waals surface area contributed by atoms with E-state index in [4.69, 9.17) is 0 Å². The van der Waals surface area contributed by atoms with E-state index in [1.54, 1.807) is 0 Å². The summed E-state index contributed by atoms with van der Waals surface area (Å²) in [5.41, 5.74) is 3.36. The van der Waals surface area contributed by atoms with Crippen LogP contribution in [0.2, 0.25) is 0 Å². The van der Waals surface area contributed by atoms with E-state index in [-0.39, 0.29) is 0 Å². The molecule has 0 saturated carbocycles. The highest BCUT2D eigenvalue weighted by atomic mass is 15.3. The van der Waals surface area contributed by atoms with Gasteiger partial charge in [-0.05, 0) is 17.7 Å². The van der Waals surface area contributed by atoms with Gasteiger partial charge in [0.1, 0.15) is 5.82 Å². The molecule has 0 aliphatic carbocycles. The van der Waals surface area contributed by atoms with Crippen molar-refractivity contribution in [3.63, 3.8) is 0 Å². The van der Waals surface area contributed by atoms with Crippen LogP contribution in [0.1, 0.15) is 11.4 Å². The van der Waals surface area contributed by atoms with Crippen LogP contribution in [0.4, 0.5) is 0 Å². The summed E-state index contributed by atoms with van der Waals surface area (Å²) in [7, 11) is 0. The maximum Gasteiger partial charge on any atom is 0.168 e. The Labute approximate surface area is 141 Å². The van der Waals surface area contributed by atoms with E-state index in [2.05, 4.69) is 63.3 Å². The standard InChI is InChI=1S/C21H17N3/c1-4-10-17(11-5-1)16-20-22-23-21(18-12-6-2-7-13-18)24(20)19-14-8-3-9-15-19/h1-15H,16H2. The number of rotatable bonds is 4. The number of nitrogens with zero attached hydrogens (tertiary/aromatic N) is 3. The van der Waals surface area contributed by atoms with Crippen molar-refractivity contribution in [1.29, 1.82) is 0 Å². The average Bonchev–Trinajstić information content (AvgIpc) is 3.07. The van der Waals surface area contributed by atoms with E-state index in [0.717, 1.165) is 29.3 Å². The van der Waals surface area contributed by atoms with Crippen LogP contribution in [0, 0.1) is 0 Å². The first kappa shape index (κ1) is 14.4. The summed E-state index contributed by atoms with van der Waals surface area (Å²) in [5, 5.41) is 8.95. The molecule has 116 valence electrons. The van der Waals surface area contributed by atoms with Gasteiger partial charge < -0.3 is 0 Å². The molecule has 0 amide bonds. The lowest BCUT2D eigenvalue weighted by atomic mass is 10.1. The molecule has 4 aromatic rings. The van der Waals surface area contributed by atoms with Gasteiger partial charge in [-0.25, -0.2) is 0 Å². The van der Waals surface area contributed by atoms with Crippen LogP contribution in [0.25, 0.3) is 17.1 Å². The molecule has 0 radical (unpaired) electrons. The first-order valence-electron chi connectivity index (χ1n) is 8.01. The maximum absolute atomic E-state index is 4.48. The molecule has 0 saturated heterocycles. The zero-order chi connectivity index (χ0) is 16.2. The van der Waals surface area contributed by atoms with Gasteiger partial charge in [0.25, 0.3) is 0 Å². The minimum absolute atomic E-state index is 0.746. The Morgan fingerprint density at radius 1 is 0.625 bits per heavy atom. The van der Waals surface area contributed by atoms with Crippen LogP contribution in [0.5, 0.6) is 0 Å². The van der Waals surface area contributed by atoms with Gasteiger partial charge in [-0.2, -0.15) is 0 Å². The molecule has 1 heterocycles. The molecule has 4 rings (SSSR count). The monoisotopic (exact) mass is 311 g/mol. The van der Waals surface area contributed by atoms with Gasteiger partial charge in [0.15, 0.2) is 5.82 Å². The van der Waals surface area contributed by atoms with Crippen molar-refractivity contribution in [2.75, 3.05) is 0 Å². The zero-order valence-corrected chi connectivity index (χ0v) is 13.2. The molecule has 0 fully saturated rings. The number of benzene rings is 3. The molecule has 3 heteroatoms. The molecule has 0 aliphatic rings. The van der Waals surface area contributed by atoms with Crippen LogP contribution in [0.15, 0.2) is 91.0 Å².